The molecule has 2 rings (SSSR count). The molecule has 1 atom stereocenters. The number of amides is 1. The first-order valence-corrected chi connectivity index (χ1v) is 7.85. The highest BCUT2D eigenvalue weighted by Crippen LogP contribution is 2.28. The maximum atomic E-state index is 12.1. The maximum absolute atomic E-state index is 12.1. The average molecular weight is 362 g/mol. The molecule has 0 radical (unpaired) electrons. The van der Waals surface area contributed by atoms with Crippen LogP contribution in [0, 0.1) is 5.41 Å². The van der Waals surface area contributed by atoms with Crippen molar-refractivity contribution in [2.24, 2.45) is 11.1 Å². The van der Waals surface area contributed by atoms with Gasteiger partial charge in [0.15, 0.2) is 0 Å². The third-order valence-electron chi connectivity index (χ3n) is 4.22. The fourth-order valence-corrected chi connectivity index (χ4v) is 2.96. The van der Waals surface area contributed by atoms with Gasteiger partial charge in [-0.15, -0.1) is 12.4 Å². The number of rotatable bonds is 6. The van der Waals surface area contributed by atoms with Crippen LogP contribution in [-0.4, -0.2) is 44.1 Å². The lowest BCUT2D eigenvalue weighted by Crippen LogP contribution is -2.38. The lowest BCUT2D eigenvalue weighted by atomic mass is 9.90. The third kappa shape index (κ3) is 5.53. The lowest BCUT2D eigenvalue weighted by molar-refractivity contribution is -0.122. The van der Waals surface area contributed by atoms with Crippen LogP contribution in [0.1, 0.15) is 18.9 Å². The number of nitrogens with one attached hydrogen (secondary N) is 1. The Morgan fingerprint density at radius 1 is 1.52 bits per heavy atom. The molecule has 1 fully saturated rings. The monoisotopic (exact) mass is 361 g/mol. The first-order chi connectivity index (χ1) is 10.5. The van der Waals surface area contributed by atoms with E-state index in [1.54, 1.807) is 19.2 Å². The number of likely N-dealkylation sites (tertiary alicyclic amines) is 1. The van der Waals surface area contributed by atoms with Gasteiger partial charge in [0, 0.05) is 23.7 Å². The SMILES string of the molecule is COc1ccc(Cl)cc1CNC(=O)CN1CCC(C)(CN)C1.Cl. The lowest BCUT2D eigenvalue weighted by Gasteiger charge is -2.22. The van der Waals surface area contributed by atoms with Gasteiger partial charge in [-0.2, -0.15) is 0 Å². The molecule has 1 aromatic carbocycles. The topological polar surface area (TPSA) is 67.6 Å². The number of nitrogens with two attached hydrogens (primary N) is 1. The summed E-state index contributed by atoms with van der Waals surface area (Å²) < 4.78 is 5.27. The zero-order chi connectivity index (χ0) is 16.2. The van der Waals surface area contributed by atoms with Crippen LogP contribution in [0.2, 0.25) is 5.02 Å². The van der Waals surface area contributed by atoms with Crippen LogP contribution < -0.4 is 15.8 Å². The van der Waals surface area contributed by atoms with Gasteiger partial charge in [-0.1, -0.05) is 18.5 Å². The first kappa shape index (κ1) is 20.0. The molecule has 0 spiro atoms. The van der Waals surface area contributed by atoms with Crippen molar-refractivity contribution in [1.29, 1.82) is 0 Å². The van der Waals surface area contributed by atoms with E-state index in [1.165, 1.54) is 0 Å². The van der Waals surface area contributed by atoms with E-state index in [1.807, 2.05) is 6.07 Å². The van der Waals surface area contributed by atoms with E-state index in [2.05, 4.69) is 17.1 Å². The Morgan fingerprint density at radius 2 is 2.26 bits per heavy atom. The van der Waals surface area contributed by atoms with E-state index in [4.69, 9.17) is 22.1 Å². The Balaban J connectivity index is 0.00000264. The Labute approximate surface area is 148 Å². The normalized spacial score (nSPS) is 20.9. The molecular formula is C16H25Cl2N3O2. The van der Waals surface area contributed by atoms with Crippen LogP contribution >= 0.6 is 24.0 Å². The predicted molar refractivity (Wildman–Crippen MR) is 95.3 cm³/mol. The van der Waals surface area contributed by atoms with Crippen molar-refractivity contribution in [3.05, 3.63) is 28.8 Å². The van der Waals surface area contributed by atoms with Crippen molar-refractivity contribution in [2.75, 3.05) is 33.3 Å². The number of nitrogens with zero attached hydrogens (tertiary/aromatic N) is 1. The molecule has 1 aliphatic heterocycles. The highest BCUT2D eigenvalue weighted by atomic mass is 35.5. The summed E-state index contributed by atoms with van der Waals surface area (Å²) in [4.78, 5) is 14.2. The van der Waals surface area contributed by atoms with Crippen LogP contribution in [0.4, 0.5) is 0 Å². The molecule has 0 bridgehead atoms. The number of carbonyl (C=O) groups is 1. The summed E-state index contributed by atoms with van der Waals surface area (Å²) in [7, 11) is 1.60. The highest BCUT2D eigenvalue weighted by Gasteiger charge is 2.32. The highest BCUT2D eigenvalue weighted by molar-refractivity contribution is 6.30. The summed E-state index contributed by atoms with van der Waals surface area (Å²) in [6, 6.07) is 5.38. The second kappa shape index (κ2) is 8.73. The van der Waals surface area contributed by atoms with Crippen LogP contribution in [0.15, 0.2) is 18.2 Å². The molecule has 7 heteroatoms. The van der Waals surface area contributed by atoms with Gasteiger partial charge in [0.05, 0.1) is 13.7 Å². The van der Waals surface area contributed by atoms with E-state index in [0.29, 0.717) is 24.7 Å². The smallest absolute Gasteiger partial charge is 0.234 e. The summed E-state index contributed by atoms with van der Waals surface area (Å²) >= 11 is 5.99. The molecule has 1 aliphatic rings. The van der Waals surface area contributed by atoms with Gasteiger partial charge in [-0.25, -0.2) is 0 Å². The molecule has 23 heavy (non-hydrogen) atoms. The molecule has 1 amide bonds. The number of hydrogen-bond acceptors (Lipinski definition) is 4. The summed E-state index contributed by atoms with van der Waals surface area (Å²) in [5.41, 5.74) is 6.80. The number of methoxy groups -OCH3 is 1. The number of benzene rings is 1. The quantitative estimate of drug-likeness (QED) is 0.813. The molecule has 0 saturated carbocycles. The van der Waals surface area contributed by atoms with Crippen molar-refractivity contribution in [3.8, 4) is 5.75 Å². The Kier molecular flexibility index (Phi) is 7.61. The molecular weight excluding hydrogens is 337 g/mol. The maximum Gasteiger partial charge on any atom is 0.234 e. The second-order valence-corrected chi connectivity index (χ2v) is 6.64. The number of halogens is 2. The molecule has 1 heterocycles. The van der Waals surface area contributed by atoms with Gasteiger partial charge in [-0.3, -0.25) is 9.69 Å². The van der Waals surface area contributed by atoms with Gasteiger partial charge in [0.25, 0.3) is 0 Å². The summed E-state index contributed by atoms with van der Waals surface area (Å²) in [5.74, 6) is 0.727. The minimum atomic E-state index is 0. The van der Waals surface area contributed by atoms with E-state index in [9.17, 15) is 4.79 Å². The summed E-state index contributed by atoms with van der Waals surface area (Å²) in [5, 5.41) is 3.55. The van der Waals surface area contributed by atoms with Gasteiger partial charge >= 0.3 is 0 Å². The zero-order valence-corrected chi connectivity index (χ0v) is 15.2. The number of carbonyl (C=O) groups excluding carboxylic acids is 1. The minimum Gasteiger partial charge on any atom is -0.496 e. The molecule has 0 aromatic heterocycles. The Morgan fingerprint density at radius 3 is 2.87 bits per heavy atom. The predicted octanol–water partition coefficient (Wildman–Crippen LogP) is 2.06. The third-order valence-corrected chi connectivity index (χ3v) is 4.45. The second-order valence-electron chi connectivity index (χ2n) is 6.21. The van der Waals surface area contributed by atoms with Crippen LogP contribution in [0.25, 0.3) is 0 Å². The fraction of sp³-hybridized carbons (Fsp3) is 0.562. The van der Waals surface area contributed by atoms with E-state index >= 15 is 0 Å². The van der Waals surface area contributed by atoms with E-state index < -0.39 is 0 Å². The average Bonchev–Trinajstić information content (AvgIpc) is 2.87. The Bertz CT molecular complexity index is 542. The molecule has 1 aromatic rings. The van der Waals surface area contributed by atoms with Gasteiger partial charge in [0.1, 0.15) is 5.75 Å². The van der Waals surface area contributed by atoms with Crippen molar-refractivity contribution < 1.29 is 9.53 Å². The van der Waals surface area contributed by atoms with Gasteiger partial charge in [0.2, 0.25) is 5.91 Å². The van der Waals surface area contributed by atoms with E-state index in [-0.39, 0.29) is 23.7 Å². The zero-order valence-electron chi connectivity index (χ0n) is 13.6. The molecule has 5 nitrogen and oxygen atoms in total. The number of hydrogen-bond donors (Lipinski definition) is 2. The minimum absolute atomic E-state index is 0. The van der Waals surface area contributed by atoms with Crippen molar-refractivity contribution in [3.63, 3.8) is 0 Å². The van der Waals surface area contributed by atoms with Crippen molar-refractivity contribution >= 4 is 29.9 Å². The van der Waals surface area contributed by atoms with Crippen LogP contribution in [0.5, 0.6) is 5.75 Å². The molecule has 130 valence electrons. The number of ether oxygens (including phenoxy) is 1. The molecule has 1 unspecified atom stereocenters. The first-order valence-electron chi connectivity index (χ1n) is 7.47. The molecule has 3 N–H and O–H groups in total. The van der Waals surface area contributed by atoms with Crippen LogP contribution in [0.3, 0.4) is 0 Å². The molecule has 0 aliphatic carbocycles. The summed E-state index contributed by atoms with van der Waals surface area (Å²) in [6.45, 7) is 5.43. The van der Waals surface area contributed by atoms with Crippen molar-refractivity contribution in [2.45, 2.75) is 19.9 Å². The van der Waals surface area contributed by atoms with Crippen LogP contribution in [-0.2, 0) is 11.3 Å². The fourth-order valence-electron chi connectivity index (χ4n) is 2.77. The van der Waals surface area contributed by atoms with Gasteiger partial charge < -0.3 is 15.8 Å². The largest absolute Gasteiger partial charge is 0.496 e. The molecule has 1 saturated heterocycles. The van der Waals surface area contributed by atoms with Gasteiger partial charge in [-0.05, 0) is 43.1 Å². The standard InChI is InChI=1S/C16H24ClN3O2.ClH/c1-16(10-18)5-6-20(11-16)9-15(21)19-8-12-7-13(17)3-4-14(12)22-2;/h3-4,7H,5-6,8-11,18H2,1-2H3,(H,19,21);1H. The van der Waals surface area contributed by atoms with Crippen molar-refractivity contribution in [1.82, 2.24) is 10.2 Å². The van der Waals surface area contributed by atoms with E-state index in [0.717, 1.165) is 30.8 Å². The summed E-state index contributed by atoms with van der Waals surface area (Å²) in [6.07, 6.45) is 1.04. The Hall–Kier alpha value is -1.01.